The monoisotopic (exact) mass is 464 g/mol. The molecule has 0 saturated carbocycles. The van der Waals surface area contributed by atoms with E-state index in [0.717, 1.165) is 11.1 Å². The molecule has 1 aliphatic heterocycles. The summed E-state index contributed by atoms with van der Waals surface area (Å²) in [6.07, 6.45) is 1.69. The standard InChI is InChI=1S/C25H25ClN4O3/c1-18-9-10-20(16-22(18)26)27-25(33)29-14-12-28(13-15-29)23(31)21-8-5-11-30(24(21)32)17-19-6-3-2-4-7-19/h2-11,16H,12-15,17H2,1H3,(H,27,33). The van der Waals surface area contributed by atoms with Crippen molar-refractivity contribution in [1.82, 2.24) is 14.4 Å². The van der Waals surface area contributed by atoms with Gasteiger partial charge in [0.05, 0.1) is 6.54 Å². The highest BCUT2D eigenvalue weighted by molar-refractivity contribution is 6.31. The molecule has 33 heavy (non-hydrogen) atoms. The zero-order valence-electron chi connectivity index (χ0n) is 18.3. The van der Waals surface area contributed by atoms with Crippen molar-refractivity contribution in [3.05, 3.63) is 98.9 Å². The second-order valence-electron chi connectivity index (χ2n) is 8.01. The Balaban J connectivity index is 1.38. The van der Waals surface area contributed by atoms with Crippen molar-refractivity contribution < 1.29 is 9.59 Å². The van der Waals surface area contributed by atoms with E-state index in [9.17, 15) is 14.4 Å². The molecule has 3 amide bonds. The highest BCUT2D eigenvalue weighted by Gasteiger charge is 2.26. The molecule has 4 rings (SSSR count). The van der Waals surface area contributed by atoms with Gasteiger partial charge in [-0.15, -0.1) is 0 Å². The van der Waals surface area contributed by atoms with E-state index in [0.29, 0.717) is 43.4 Å². The zero-order chi connectivity index (χ0) is 23.4. The van der Waals surface area contributed by atoms with E-state index in [1.54, 1.807) is 44.8 Å². The Kier molecular flexibility index (Phi) is 6.79. The lowest BCUT2D eigenvalue weighted by atomic mass is 10.2. The zero-order valence-corrected chi connectivity index (χ0v) is 19.1. The van der Waals surface area contributed by atoms with Gasteiger partial charge in [0.25, 0.3) is 11.5 Å². The second kappa shape index (κ2) is 9.92. The largest absolute Gasteiger partial charge is 0.335 e. The van der Waals surface area contributed by atoms with Crippen LogP contribution in [0.15, 0.2) is 71.7 Å². The van der Waals surface area contributed by atoms with Crippen LogP contribution in [0.3, 0.4) is 0 Å². The van der Waals surface area contributed by atoms with E-state index in [1.807, 2.05) is 43.3 Å². The molecule has 7 nitrogen and oxygen atoms in total. The number of benzene rings is 2. The molecule has 1 N–H and O–H groups in total. The highest BCUT2D eigenvalue weighted by atomic mass is 35.5. The Labute approximate surface area is 197 Å². The predicted octanol–water partition coefficient (Wildman–Crippen LogP) is 3.85. The van der Waals surface area contributed by atoms with Crippen molar-refractivity contribution in [2.45, 2.75) is 13.5 Å². The molecule has 170 valence electrons. The number of piperazine rings is 1. The molecule has 1 aromatic heterocycles. The van der Waals surface area contributed by atoms with E-state index in [-0.39, 0.29) is 23.1 Å². The lowest BCUT2D eigenvalue weighted by Crippen LogP contribution is -2.52. The summed E-state index contributed by atoms with van der Waals surface area (Å²) in [4.78, 5) is 41.8. The number of halogens is 1. The van der Waals surface area contributed by atoms with Gasteiger partial charge < -0.3 is 19.7 Å². The molecule has 0 unspecified atom stereocenters. The third-order valence-corrected chi connectivity index (χ3v) is 6.13. The number of nitrogens with zero attached hydrogens (tertiary/aromatic N) is 3. The lowest BCUT2D eigenvalue weighted by molar-refractivity contribution is 0.0669. The number of carbonyl (C=O) groups excluding carboxylic acids is 2. The molecule has 0 bridgehead atoms. The molecular formula is C25H25ClN4O3. The predicted molar refractivity (Wildman–Crippen MR) is 129 cm³/mol. The molecule has 0 spiro atoms. The number of pyridine rings is 1. The summed E-state index contributed by atoms with van der Waals surface area (Å²) in [7, 11) is 0. The number of anilines is 1. The van der Waals surface area contributed by atoms with Gasteiger partial charge in [-0.3, -0.25) is 9.59 Å². The van der Waals surface area contributed by atoms with E-state index in [2.05, 4.69) is 5.32 Å². The molecule has 0 radical (unpaired) electrons. The first kappa shape index (κ1) is 22.6. The van der Waals surface area contributed by atoms with Gasteiger partial charge in [-0.25, -0.2) is 4.79 Å². The van der Waals surface area contributed by atoms with Gasteiger partial charge >= 0.3 is 6.03 Å². The maximum atomic E-state index is 13.0. The fraction of sp³-hybridized carbons (Fsp3) is 0.240. The number of hydrogen-bond donors (Lipinski definition) is 1. The number of rotatable bonds is 4. The Bertz CT molecular complexity index is 1220. The van der Waals surface area contributed by atoms with Crippen LogP contribution in [-0.2, 0) is 6.54 Å². The molecule has 1 fully saturated rings. The Hall–Kier alpha value is -3.58. The number of nitrogens with one attached hydrogen (secondary N) is 1. The lowest BCUT2D eigenvalue weighted by Gasteiger charge is -2.34. The van der Waals surface area contributed by atoms with Crippen molar-refractivity contribution in [1.29, 1.82) is 0 Å². The maximum Gasteiger partial charge on any atom is 0.321 e. The minimum atomic E-state index is -0.317. The molecule has 8 heteroatoms. The van der Waals surface area contributed by atoms with Gasteiger partial charge in [-0.05, 0) is 42.3 Å². The molecule has 1 aliphatic rings. The van der Waals surface area contributed by atoms with Gasteiger partial charge in [-0.1, -0.05) is 48.0 Å². The molecular weight excluding hydrogens is 440 g/mol. The summed E-state index contributed by atoms with van der Waals surface area (Å²) < 4.78 is 1.54. The molecule has 0 atom stereocenters. The van der Waals surface area contributed by atoms with E-state index < -0.39 is 0 Å². The van der Waals surface area contributed by atoms with Crippen LogP contribution in [0, 0.1) is 6.92 Å². The Morgan fingerprint density at radius 2 is 1.64 bits per heavy atom. The van der Waals surface area contributed by atoms with E-state index in [4.69, 9.17) is 11.6 Å². The van der Waals surface area contributed by atoms with Crippen LogP contribution in [0.2, 0.25) is 5.02 Å². The summed E-state index contributed by atoms with van der Waals surface area (Å²) in [5.41, 5.74) is 2.37. The van der Waals surface area contributed by atoms with Crippen molar-refractivity contribution in [3.8, 4) is 0 Å². The second-order valence-corrected chi connectivity index (χ2v) is 8.42. The summed E-state index contributed by atoms with van der Waals surface area (Å²) >= 11 is 6.13. The number of aromatic nitrogens is 1. The summed E-state index contributed by atoms with van der Waals surface area (Å²) in [6.45, 7) is 3.76. The molecule has 0 aliphatic carbocycles. The highest BCUT2D eigenvalue weighted by Crippen LogP contribution is 2.20. The molecule has 2 heterocycles. The number of urea groups is 1. The number of aryl methyl sites for hydroxylation is 1. The van der Waals surface area contributed by atoms with Crippen LogP contribution in [0.1, 0.15) is 21.5 Å². The van der Waals surface area contributed by atoms with Gasteiger partial charge in [0.1, 0.15) is 5.56 Å². The number of carbonyl (C=O) groups is 2. The summed E-state index contributed by atoms with van der Waals surface area (Å²) in [6, 6.07) is 18.0. The van der Waals surface area contributed by atoms with Crippen LogP contribution < -0.4 is 10.9 Å². The van der Waals surface area contributed by atoms with Gasteiger partial charge in [0, 0.05) is 43.1 Å². The number of hydrogen-bond acceptors (Lipinski definition) is 3. The van der Waals surface area contributed by atoms with E-state index in [1.165, 1.54) is 0 Å². The van der Waals surface area contributed by atoms with Crippen molar-refractivity contribution in [2.75, 3.05) is 31.5 Å². The summed E-state index contributed by atoms with van der Waals surface area (Å²) in [5, 5.41) is 3.43. The Morgan fingerprint density at radius 3 is 2.33 bits per heavy atom. The van der Waals surface area contributed by atoms with Gasteiger partial charge in [0.2, 0.25) is 0 Å². The van der Waals surface area contributed by atoms with Crippen LogP contribution in [0.4, 0.5) is 10.5 Å². The topological polar surface area (TPSA) is 74.7 Å². The SMILES string of the molecule is Cc1ccc(NC(=O)N2CCN(C(=O)c3cccn(Cc4ccccc4)c3=O)CC2)cc1Cl. The van der Waals surface area contributed by atoms with Crippen molar-refractivity contribution >= 4 is 29.2 Å². The average Bonchev–Trinajstić information content (AvgIpc) is 2.83. The van der Waals surface area contributed by atoms with Crippen LogP contribution in [-0.4, -0.2) is 52.5 Å². The first-order valence-electron chi connectivity index (χ1n) is 10.8. The smallest absolute Gasteiger partial charge is 0.321 e. The van der Waals surface area contributed by atoms with Crippen molar-refractivity contribution in [2.24, 2.45) is 0 Å². The van der Waals surface area contributed by atoms with Crippen LogP contribution >= 0.6 is 11.6 Å². The molecule has 3 aromatic rings. The third kappa shape index (κ3) is 5.26. The fourth-order valence-electron chi connectivity index (χ4n) is 3.76. The molecule has 1 saturated heterocycles. The summed E-state index contributed by atoms with van der Waals surface area (Å²) in [5.74, 6) is -0.312. The fourth-order valence-corrected chi connectivity index (χ4v) is 3.94. The van der Waals surface area contributed by atoms with Gasteiger partial charge in [0.15, 0.2) is 0 Å². The Morgan fingerprint density at radius 1 is 0.939 bits per heavy atom. The van der Waals surface area contributed by atoms with Crippen molar-refractivity contribution in [3.63, 3.8) is 0 Å². The minimum absolute atomic E-state index is 0.139. The van der Waals surface area contributed by atoms with E-state index >= 15 is 0 Å². The van der Waals surface area contributed by atoms with Crippen LogP contribution in [0.25, 0.3) is 0 Å². The number of amides is 3. The normalized spacial score (nSPS) is 13.6. The first-order chi connectivity index (χ1) is 15.9. The average molecular weight is 465 g/mol. The molecule has 2 aromatic carbocycles. The maximum absolute atomic E-state index is 13.0. The quantitative estimate of drug-likeness (QED) is 0.637. The minimum Gasteiger partial charge on any atom is -0.335 e. The third-order valence-electron chi connectivity index (χ3n) is 5.72. The first-order valence-corrected chi connectivity index (χ1v) is 11.1. The van der Waals surface area contributed by atoms with Gasteiger partial charge in [-0.2, -0.15) is 0 Å². The van der Waals surface area contributed by atoms with Crippen LogP contribution in [0.5, 0.6) is 0 Å².